The maximum atomic E-state index is 12.3. The molecule has 1 heterocycles. The molecular formula is C16H25N3O3. The van der Waals surface area contributed by atoms with Gasteiger partial charge in [0.2, 0.25) is 5.91 Å². The van der Waals surface area contributed by atoms with Gasteiger partial charge in [-0.15, -0.1) is 0 Å². The molecule has 1 saturated carbocycles. The molecular weight excluding hydrogens is 282 g/mol. The van der Waals surface area contributed by atoms with Gasteiger partial charge >= 0.3 is 5.97 Å². The van der Waals surface area contributed by atoms with Crippen molar-refractivity contribution in [1.82, 2.24) is 10.2 Å². The number of amides is 1. The average Bonchev–Trinajstić information content (AvgIpc) is 3.34. The summed E-state index contributed by atoms with van der Waals surface area (Å²) in [6.07, 6.45) is 5.32. The molecule has 6 nitrogen and oxygen atoms in total. The van der Waals surface area contributed by atoms with Gasteiger partial charge in [-0.05, 0) is 45.1 Å². The molecule has 2 fully saturated rings. The molecule has 0 aromatic carbocycles. The van der Waals surface area contributed by atoms with E-state index in [1.165, 1.54) is 7.11 Å². The highest BCUT2D eigenvalue weighted by Gasteiger charge is 2.43. The number of methoxy groups -OCH3 is 1. The Morgan fingerprint density at radius 1 is 1.36 bits per heavy atom. The Kier molecular flexibility index (Phi) is 5.41. The van der Waals surface area contributed by atoms with Crippen molar-refractivity contribution >= 4 is 11.9 Å². The number of hydrogen-bond donors (Lipinski definition) is 1. The summed E-state index contributed by atoms with van der Waals surface area (Å²) in [6, 6.07) is 2.29. The van der Waals surface area contributed by atoms with Crippen molar-refractivity contribution in [3.8, 4) is 6.07 Å². The quantitative estimate of drug-likeness (QED) is 0.746. The van der Waals surface area contributed by atoms with Gasteiger partial charge in [-0.1, -0.05) is 6.42 Å². The van der Waals surface area contributed by atoms with Gasteiger partial charge in [0.1, 0.15) is 5.54 Å². The first-order chi connectivity index (χ1) is 10.5. The van der Waals surface area contributed by atoms with Crippen LogP contribution in [0.5, 0.6) is 0 Å². The summed E-state index contributed by atoms with van der Waals surface area (Å²) in [5, 5.41) is 12.2. The van der Waals surface area contributed by atoms with E-state index in [-0.39, 0.29) is 30.4 Å². The number of nitrogens with one attached hydrogen (secondary N) is 1. The molecule has 0 aromatic heterocycles. The van der Waals surface area contributed by atoms with Gasteiger partial charge in [0, 0.05) is 6.04 Å². The molecule has 6 heteroatoms. The number of nitriles is 1. The fourth-order valence-corrected chi connectivity index (χ4v) is 3.17. The highest BCUT2D eigenvalue weighted by molar-refractivity contribution is 5.79. The van der Waals surface area contributed by atoms with Crippen LogP contribution in [0.1, 0.15) is 45.4 Å². The lowest BCUT2D eigenvalue weighted by Gasteiger charge is -2.35. The zero-order valence-electron chi connectivity index (χ0n) is 13.4. The smallest absolute Gasteiger partial charge is 0.307 e. The van der Waals surface area contributed by atoms with Crippen LogP contribution in [0.4, 0.5) is 0 Å². The van der Waals surface area contributed by atoms with E-state index in [4.69, 9.17) is 4.74 Å². The number of carbonyl (C=O) groups excluding carboxylic acids is 2. The number of likely N-dealkylation sites (tertiary alicyclic amines) is 1. The monoisotopic (exact) mass is 307 g/mol. The van der Waals surface area contributed by atoms with Crippen LogP contribution in [0.25, 0.3) is 0 Å². The number of ether oxygens (including phenoxy) is 1. The Morgan fingerprint density at radius 3 is 2.68 bits per heavy atom. The van der Waals surface area contributed by atoms with E-state index in [0.717, 1.165) is 38.6 Å². The third-order valence-electron chi connectivity index (χ3n) is 4.75. The van der Waals surface area contributed by atoms with Gasteiger partial charge in [0.25, 0.3) is 0 Å². The molecule has 1 N–H and O–H groups in total. The van der Waals surface area contributed by atoms with Crippen molar-refractivity contribution in [3.05, 3.63) is 0 Å². The minimum Gasteiger partial charge on any atom is -0.469 e. The van der Waals surface area contributed by atoms with Crippen LogP contribution >= 0.6 is 0 Å². The maximum Gasteiger partial charge on any atom is 0.307 e. The van der Waals surface area contributed by atoms with Crippen molar-refractivity contribution in [3.63, 3.8) is 0 Å². The van der Waals surface area contributed by atoms with Crippen LogP contribution in [0.2, 0.25) is 0 Å². The Bertz CT molecular complexity index is 470. The predicted molar refractivity (Wildman–Crippen MR) is 80.7 cm³/mol. The number of esters is 1. The van der Waals surface area contributed by atoms with Crippen LogP contribution in [0.15, 0.2) is 0 Å². The van der Waals surface area contributed by atoms with E-state index in [9.17, 15) is 14.9 Å². The summed E-state index contributed by atoms with van der Waals surface area (Å²) in [6.45, 7) is 2.85. The minimum absolute atomic E-state index is 0.0567. The van der Waals surface area contributed by atoms with Crippen molar-refractivity contribution in [1.29, 1.82) is 5.26 Å². The molecule has 122 valence electrons. The van der Waals surface area contributed by atoms with Crippen molar-refractivity contribution < 1.29 is 14.3 Å². The predicted octanol–water partition coefficient (Wildman–Crippen LogP) is 1.21. The lowest BCUT2D eigenvalue weighted by atomic mass is 9.97. The number of carbonyl (C=O) groups is 2. The molecule has 0 spiro atoms. The normalized spacial score (nSPS) is 24.9. The van der Waals surface area contributed by atoms with E-state index in [1.807, 2.05) is 4.90 Å². The first-order valence-corrected chi connectivity index (χ1v) is 8.01. The second-order valence-corrected chi connectivity index (χ2v) is 6.54. The summed E-state index contributed by atoms with van der Waals surface area (Å²) >= 11 is 0. The standard InChI is InChI=1S/C16H25N3O3/c1-16(11-17,12-6-7-12)18-14(20)10-19-8-4-3-5-13(19)9-15(21)22-2/h12-13H,3-10H2,1-2H3,(H,18,20)/t13-,16+/m0/s1. The molecule has 2 aliphatic rings. The van der Waals surface area contributed by atoms with Crippen LogP contribution in [-0.2, 0) is 14.3 Å². The Balaban J connectivity index is 1.90. The number of piperidine rings is 1. The molecule has 1 amide bonds. The zero-order valence-corrected chi connectivity index (χ0v) is 13.4. The molecule has 0 unspecified atom stereocenters. The van der Waals surface area contributed by atoms with Crippen LogP contribution in [0, 0.1) is 17.2 Å². The molecule has 0 aromatic rings. The van der Waals surface area contributed by atoms with Gasteiger partial charge in [0.05, 0.1) is 26.1 Å². The Labute approximate surface area is 131 Å². The maximum absolute atomic E-state index is 12.3. The molecule has 1 aliphatic carbocycles. The van der Waals surface area contributed by atoms with Gasteiger partial charge in [-0.2, -0.15) is 5.26 Å². The molecule has 2 rings (SSSR count). The van der Waals surface area contributed by atoms with E-state index in [1.54, 1.807) is 6.92 Å². The van der Waals surface area contributed by atoms with E-state index in [2.05, 4.69) is 11.4 Å². The fourth-order valence-electron chi connectivity index (χ4n) is 3.17. The summed E-state index contributed by atoms with van der Waals surface area (Å²) < 4.78 is 4.73. The van der Waals surface area contributed by atoms with Crippen molar-refractivity contribution in [2.75, 3.05) is 20.2 Å². The molecule has 2 atom stereocenters. The summed E-state index contributed by atoms with van der Waals surface area (Å²) in [7, 11) is 1.39. The molecule has 0 radical (unpaired) electrons. The molecule has 1 saturated heterocycles. The Morgan fingerprint density at radius 2 is 2.09 bits per heavy atom. The zero-order chi connectivity index (χ0) is 16.2. The van der Waals surface area contributed by atoms with Crippen LogP contribution < -0.4 is 5.32 Å². The fraction of sp³-hybridized carbons (Fsp3) is 0.812. The first kappa shape index (κ1) is 16.8. The number of hydrogen-bond acceptors (Lipinski definition) is 5. The Hall–Kier alpha value is -1.61. The summed E-state index contributed by atoms with van der Waals surface area (Å²) in [5.74, 6) is -0.0986. The van der Waals surface area contributed by atoms with Gasteiger partial charge in [0.15, 0.2) is 0 Å². The van der Waals surface area contributed by atoms with Gasteiger partial charge < -0.3 is 10.1 Å². The first-order valence-electron chi connectivity index (χ1n) is 8.01. The number of rotatable bonds is 6. The van der Waals surface area contributed by atoms with Gasteiger partial charge in [-0.25, -0.2) is 0 Å². The third-order valence-corrected chi connectivity index (χ3v) is 4.75. The summed E-state index contributed by atoms with van der Waals surface area (Å²) in [4.78, 5) is 25.8. The summed E-state index contributed by atoms with van der Waals surface area (Å²) in [5.41, 5.74) is -0.759. The van der Waals surface area contributed by atoms with Crippen molar-refractivity contribution in [2.24, 2.45) is 5.92 Å². The lowest BCUT2D eigenvalue weighted by Crippen LogP contribution is -2.52. The largest absolute Gasteiger partial charge is 0.469 e. The van der Waals surface area contributed by atoms with Gasteiger partial charge in [-0.3, -0.25) is 14.5 Å². The molecule has 0 bridgehead atoms. The molecule has 22 heavy (non-hydrogen) atoms. The topological polar surface area (TPSA) is 82.4 Å². The second-order valence-electron chi connectivity index (χ2n) is 6.54. The van der Waals surface area contributed by atoms with Crippen LogP contribution in [0.3, 0.4) is 0 Å². The van der Waals surface area contributed by atoms with Crippen molar-refractivity contribution in [2.45, 2.75) is 57.0 Å². The lowest BCUT2D eigenvalue weighted by molar-refractivity contribution is -0.143. The number of nitrogens with zero attached hydrogens (tertiary/aromatic N) is 2. The average molecular weight is 307 g/mol. The third kappa shape index (κ3) is 4.20. The minimum atomic E-state index is -0.759. The second kappa shape index (κ2) is 7.10. The highest BCUT2D eigenvalue weighted by atomic mass is 16.5. The molecule has 1 aliphatic heterocycles. The SMILES string of the molecule is COC(=O)C[C@@H]1CCCCN1CC(=O)N[C@](C)(C#N)C1CC1. The highest BCUT2D eigenvalue weighted by Crippen LogP contribution is 2.39. The van der Waals surface area contributed by atoms with E-state index < -0.39 is 5.54 Å². The van der Waals surface area contributed by atoms with E-state index in [0.29, 0.717) is 6.42 Å². The van der Waals surface area contributed by atoms with E-state index >= 15 is 0 Å². The van der Waals surface area contributed by atoms with Crippen LogP contribution in [-0.4, -0.2) is 48.6 Å².